The van der Waals surface area contributed by atoms with Gasteiger partial charge in [-0.25, -0.2) is 9.48 Å². The lowest BCUT2D eigenvalue weighted by atomic mass is 10.1. The predicted molar refractivity (Wildman–Crippen MR) is 99.9 cm³/mol. The first kappa shape index (κ1) is 15.9. The number of hydrogen-bond donors (Lipinski definition) is 3. The molecule has 7 nitrogen and oxygen atoms in total. The number of para-hydroxylation sites is 1. The minimum atomic E-state index is -0.278. The lowest BCUT2D eigenvalue weighted by Crippen LogP contribution is -2.14. The SMILES string of the molecule is Cc1nn(-c2ccccc2)c(C)c1C(=O)Nc1ccc2[nH]c(=O)[nH]c2c1. The Morgan fingerprint density at radius 1 is 1.04 bits per heavy atom. The molecule has 0 aliphatic carbocycles. The van der Waals surface area contributed by atoms with Crippen LogP contribution in [-0.4, -0.2) is 25.7 Å². The highest BCUT2D eigenvalue weighted by Crippen LogP contribution is 2.20. The number of nitrogens with zero attached hydrogens (tertiary/aromatic N) is 2. The van der Waals surface area contributed by atoms with Crippen molar-refractivity contribution in [2.45, 2.75) is 13.8 Å². The summed E-state index contributed by atoms with van der Waals surface area (Å²) in [5.74, 6) is -0.237. The Balaban J connectivity index is 1.67. The van der Waals surface area contributed by atoms with Gasteiger partial charge in [-0.1, -0.05) is 18.2 Å². The molecule has 26 heavy (non-hydrogen) atoms. The van der Waals surface area contributed by atoms with Crippen LogP contribution in [0.3, 0.4) is 0 Å². The lowest BCUT2D eigenvalue weighted by Gasteiger charge is -2.07. The Morgan fingerprint density at radius 3 is 2.54 bits per heavy atom. The van der Waals surface area contributed by atoms with Gasteiger partial charge in [0.05, 0.1) is 33.7 Å². The number of carbonyl (C=O) groups excluding carboxylic acids is 1. The maximum absolute atomic E-state index is 12.8. The Kier molecular flexibility index (Phi) is 3.69. The van der Waals surface area contributed by atoms with E-state index in [0.717, 1.165) is 11.4 Å². The molecular formula is C19H17N5O2. The highest BCUT2D eigenvalue weighted by atomic mass is 16.2. The van der Waals surface area contributed by atoms with E-state index in [1.807, 2.05) is 44.2 Å². The number of amides is 1. The Bertz CT molecular complexity index is 1170. The number of nitrogens with one attached hydrogen (secondary N) is 3. The molecule has 0 bridgehead atoms. The van der Waals surface area contributed by atoms with Crippen molar-refractivity contribution in [1.29, 1.82) is 0 Å². The number of hydrogen-bond acceptors (Lipinski definition) is 3. The van der Waals surface area contributed by atoms with Gasteiger partial charge in [0.1, 0.15) is 0 Å². The van der Waals surface area contributed by atoms with Crippen molar-refractivity contribution in [2.75, 3.05) is 5.32 Å². The molecule has 4 aromatic rings. The average molecular weight is 347 g/mol. The van der Waals surface area contributed by atoms with Crippen molar-refractivity contribution in [2.24, 2.45) is 0 Å². The van der Waals surface area contributed by atoms with E-state index >= 15 is 0 Å². The zero-order valence-electron chi connectivity index (χ0n) is 14.3. The summed E-state index contributed by atoms with van der Waals surface area (Å²) in [6.45, 7) is 3.68. The number of aromatic amines is 2. The second-order valence-electron chi connectivity index (χ2n) is 6.09. The van der Waals surface area contributed by atoms with Crippen LogP contribution in [0.2, 0.25) is 0 Å². The summed E-state index contributed by atoms with van der Waals surface area (Å²) in [4.78, 5) is 29.5. The highest BCUT2D eigenvalue weighted by Gasteiger charge is 2.19. The topological polar surface area (TPSA) is 95.6 Å². The summed E-state index contributed by atoms with van der Waals surface area (Å²) in [6.07, 6.45) is 0. The number of anilines is 1. The van der Waals surface area contributed by atoms with Crippen LogP contribution in [0.5, 0.6) is 0 Å². The van der Waals surface area contributed by atoms with Crippen LogP contribution >= 0.6 is 0 Å². The van der Waals surface area contributed by atoms with E-state index < -0.39 is 0 Å². The van der Waals surface area contributed by atoms with Crippen LogP contribution in [0.15, 0.2) is 53.3 Å². The molecule has 0 unspecified atom stereocenters. The fourth-order valence-corrected chi connectivity index (χ4v) is 3.10. The maximum atomic E-state index is 12.8. The highest BCUT2D eigenvalue weighted by molar-refractivity contribution is 6.06. The summed E-state index contributed by atoms with van der Waals surface area (Å²) < 4.78 is 1.76. The second kappa shape index (κ2) is 6.03. The average Bonchev–Trinajstić information content (AvgIpc) is 3.13. The van der Waals surface area contributed by atoms with Crippen molar-refractivity contribution < 1.29 is 4.79 Å². The van der Waals surface area contributed by atoms with Gasteiger partial charge in [-0.3, -0.25) is 4.79 Å². The number of rotatable bonds is 3. The van der Waals surface area contributed by atoms with Crippen LogP contribution in [0.1, 0.15) is 21.7 Å². The second-order valence-corrected chi connectivity index (χ2v) is 6.09. The first-order chi connectivity index (χ1) is 12.5. The first-order valence-corrected chi connectivity index (χ1v) is 8.18. The van der Waals surface area contributed by atoms with E-state index in [1.54, 1.807) is 22.9 Å². The number of benzene rings is 2. The minimum absolute atomic E-state index is 0.237. The van der Waals surface area contributed by atoms with Crippen LogP contribution in [-0.2, 0) is 0 Å². The molecule has 2 heterocycles. The van der Waals surface area contributed by atoms with Gasteiger partial charge in [-0.2, -0.15) is 5.10 Å². The van der Waals surface area contributed by atoms with Gasteiger partial charge in [0.2, 0.25) is 0 Å². The fourth-order valence-electron chi connectivity index (χ4n) is 3.10. The quantitative estimate of drug-likeness (QED) is 0.532. The smallest absolute Gasteiger partial charge is 0.322 e. The molecule has 0 radical (unpaired) electrons. The van der Waals surface area contributed by atoms with E-state index in [4.69, 9.17) is 0 Å². The number of imidazole rings is 1. The monoisotopic (exact) mass is 347 g/mol. The zero-order chi connectivity index (χ0) is 18.3. The van der Waals surface area contributed by atoms with Crippen LogP contribution in [0.4, 0.5) is 5.69 Å². The summed E-state index contributed by atoms with van der Waals surface area (Å²) >= 11 is 0. The van der Waals surface area contributed by atoms with Crippen molar-refractivity contribution in [1.82, 2.24) is 19.7 Å². The first-order valence-electron chi connectivity index (χ1n) is 8.18. The largest absolute Gasteiger partial charge is 0.323 e. The Labute approximate surface area is 148 Å². The van der Waals surface area contributed by atoms with E-state index in [1.165, 1.54) is 0 Å². The normalized spacial score (nSPS) is 11.0. The molecule has 2 aromatic carbocycles. The lowest BCUT2D eigenvalue weighted by molar-refractivity contribution is 0.102. The van der Waals surface area contributed by atoms with Crippen LogP contribution in [0.25, 0.3) is 16.7 Å². The number of H-pyrrole nitrogens is 2. The standard InChI is InChI=1S/C19H17N5O2/c1-11-17(12(2)24(23-11)14-6-4-3-5-7-14)18(25)20-13-8-9-15-16(10-13)22-19(26)21-15/h3-10H,1-2H3,(H,20,25)(H2,21,22,26). The molecule has 2 aromatic heterocycles. The molecule has 1 amide bonds. The molecule has 0 atom stereocenters. The van der Waals surface area contributed by atoms with Gasteiger partial charge < -0.3 is 15.3 Å². The minimum Gasteiger partial charge on any atom is -0.322 e. The molecule has 0 aliphatic rings. The van der Waals surface area contributed by atoms with Gasteiger partial charge in [0.15, 0.2) is 0 Å². The third-order valence-electron chi connectivity index (χ3n) is 4.29. The van der Waals surface area contributed by atoms with E-state index in [9.17, 15) is 9.59 Å². The maximum Gasteiger partial charge on any atom is 0.323 e. The van der Waals surface area contributed by atoms with E-state index in [0.29, 0.717) is 28.0 Å². The molecule has 0 saturated carbocycles. The van der Waals surface area contributed by atoms with Crippen molar-refractivity contribution in [3.63, 3.8) is 0 Å². The Morgan fingerprint density at radius 2 is 1.77 bits per heavy atom. The molecular weight excluding hydrogens is 330 g/mol. The van der Waals surface area contributed by atoms with Gasteiger partial charge in [-0.15, -0.1) is 0 Å². The Hall–Kier alpha value is -3.61. The molecule has 0 spiro atoms. The summed E-state index contributed by atoms with van der Waals surface area (Å²) in [6, 6.07) is 14.9. The predicted octanol–water partition coefficient (Wildman–Crippen LogP) is 2.91. The number of carbonyl (C=O) groups is 1. The molecule has 0 saturated heterocycles. The zero-order valence-corrected chi connectivity index (χ0v) is 14.3. The molecule has 130 valence electrons. The van der Waals surface area contributed by atoms with Gasteiger partial charge in [-0.05, 0) is 44.2 Å². The summed E-state index contributed by atoms with van der Waals surface area (Å²) in [5, 5.41) is 7.38. The summed E-state index contributed by atoms with van der Waals surface area (Å²) in [5.41, 5.74) is 4.51. The van der Waals surface area contributed by atoms with E-state index in [-0.39, 0.29) is 11.6 Å². The van der Waals surface area contributed by atoms with Crippen LogP contribution in [0, 0.1) is 13.8 Å². The van der Waals surface area contributed by atoms with Gasteiger partial charge in [0.25, 0.3) is 5.91 Å². The molecule has 7 heteroatoms. The van der Waals surface area contributed by atoms with Gasteiger partial charge >= 0.3 is 5.69 Å². The number of fused-ring (bicyclic) bond motifs is 1. The fraction of sp³-hybridized carbons (Fsp3) is 0.105. The van der Waals surface area contributed by atoms with Crippen LogP contribution < -0.4 is 11.0 Å². The third-order valence-corrected chi connectivity index (χ3v) is 4.29. The molecule has 0 fully saturated rings. The summed E-state index contributed by atoms with van der Waals surface area (Å²) in [7, 11) is 0. The number of aryl methyl sites for hydroxylation is 1. The molecule has 0 aliphatic heterocycles. The number of aromatic nitrogens is 4. The third kappa shape index (κ3) is 2.69. The van der Waals surface area contributed by atoms with Crippen molar-refractivity contribution >= 4 is 22.6 Å². The van der Waals surface area contributed by atoms with E-state index in [2.05, 4.69) is 20.4 Å². The van der Waals surface area contributed by atoms with Crippen molar-refractivity contribution in [3.05, 3.63) is 76.0 Å². The molecule has 3 N–H and O–H groups in total. The molecule has 4 rings (SSSR count). The van der Waals surface area contributed by atoms with Crippen molar-refractivity contribution in [3.8, 4) is 5.69 Å². The van der Waals surface area contributed by atoms with Gasteiger partial charge in [0, 0.05) is 5.69 Å².